The Balaban J connectivity index is 0.000000415. The van der Waals surface area contributed by atoms with Crippen LogP contribution in [0.5, 0.6) is 0 Å². The average molecular weight is 967 g/mol. The molecule has 0 fully saturated rings. The second kappa shape index (κ2) is 13.3. The van der Waals surface area contributed by atoms with Gasteiger partial charge in [-0.2, -0.15) is 0 Å². The first kappa shape index (κ1) is 33.3. The number of aliphatic hydroxyl groups is 1. The third-order valence-corrected chi connectivity index (χ3v) is 19.2. The van der Waals surface area contributed by atoms with Crippen molar-refractivity contribution in [3.05, 3.63) is 133 Å². The molecule has 3 nitrogen and oxygen atoms in total. The van der Waals surface area contributed by atoms with Crippen LogP contribution in [0.2, 0.25) is 0 Å². The molecule has 0 spiro atoms. The summed E-state index contributed by atoms with van der Waals surface area (Å²) < 4.78 is 5.62. The molecule has 1 N–H and O–H groups in total. The van der Waals surface area contributed by atoms with E-state index in [0.717, 1.165) is 22.2 Å². The van der Waals surface area contributed by atoms with Gasteiger partial charge in [-0.25, -0.2) is 0 Å². The molecule has 2 aliphatic rings. The molecule has 8 heteroatoms. The second-order valence-corrected chi connectivity index (χ2v) is 20.4. The van der Waals surface area contributed by atoms with Crippen LogP contribution in [0.25, 0.3) is 43.7 Å². The Hall–Kier alpha value is -3.20. The molecule has 1 aromatic heterocycles. The van der Waals surface area contributed by atoms with Crippen molar-refractivity contribution in [2.45, 2.75) is 13.8 Å². The van der Waals surface area contributed by atoms with Crippen LogP contribution in [0.1, 0.15) is 13.8 Å². The van der Waals surface area contributed by atoms with E-state index < -0.39 is 6.04 Å². The van der Waals surface area contributed by atoms with Crippen molar-refractivity contribution in [1.29, 1.82) is 0 Å². The first-order valence-corrected chi connectivity index (χ1v) is 21.4. The van der Waals surface area contributed by atoms with Crippen molar-refractivity contribution in [3.63, 3.8) is 0 Å². The van der Waals surface area contributed by atoms with Gasteiger partial charge in [0.15, 0.2) is 5.78 Å². The van der Waals surface area contributed by atoms with E-state index in [1.165, 1.54) is 75.2 Å². The fourth-order valence-electron chi connectivity index (χ4n) is 6.30. The number of carbonyl (C=O) groups excluding carboxylic acids is 1. The van der Waals surface area contributed by atoms with E-state index in [1.807, 2.05) is 0 Å². The number of allylic oxidation sites excluding steroid dienone is 2. The minimum absolute atomic E-state index is 0. The topological polar surface area (TPSA) is 50.2 Å². The van der Waals surface area contributed by atoms with Crippen LogP contribution in [0.15, 0.2) is 127 Å². The van der Waals surface area contributed by atoms with Gasteiger partial charge in [0.2, 0.25) is 0 Å². The summed E-state index contributed by atoms with van der Waals surface area (Å²) in [6, 6.07) is 43.9. The van der Waals surface area contributed by atoms with E-state index in [4.69, 9.17) is 21.9 Å². The summed E-state index contributed by atoms with van der Waals surface area (Å²) >= 11 is 7.29. The third kappa shape index (κ3) is 5.88. The van der Waals surface area contributed by atoms with Gasteiger partial charge >= 0.3 is 252 Å². The maximum Gasteiger partial charge on any atom is 0 e. The molecule has 0 bridgehead atoms. The Kier molecular flexibility index (Phi) is 9.20. The number of hydrogen-bond acceptors (Lipinski definition) is 4. The van der Waals surface area contributed by atoms with E-state index in [-0.39, 0.29) is 61.6 Å². The number of ketones is 1. The van der Waals surface area contributed by atoms with Crippen LogP contribution in [0.3, 0.4) is 0 Å². The van der Waals surface area contributed by atoms with E-state index in [2.05, 4.69) is 121 Å². The van der Waals surface area contributed by atoms with Crippen LogP contribution in [0, 0.1) is 6.07 Å². The van der Waals surface area contributed by atoms with Crippen molar-refractivity contribution in [2.75, 3.05) is 0 Å². The number of fused-ring (bicyclic) bond motifs is 7. The monoisotopic (exact) mass is 969 g/mol. The molecule has 3 heterocycles. The molecule has 9 rings (SSSR count). The average Bonchev–Trinajstić information content (AvgIpc) is 3.06. The summed E-state index contributed by atoms with van der Waals surface area (Å²) in [6.07, 6.45) is 1.17. The van der Waals surface area contributed by atoms with Gasteiger partial charge in [0.25, 0.3) is 0 Å². The van der Waals surface area contributed by atoms with Crippen molar-refractivity contribution < 1.29 is 30.0 Å². The maximum absolute atomic E-state index is 10.0. The molecular formula is C40H27IrNO2PSSe2-. The zero-order valence-electron chi connectivity index (χ0n) is 25.9. The van der Waals surface area contributed by atoms with Gasteiger partial charge in [-0.15, -0.1) is 0 Å². The Morgan fingerprint density at radius 2 is 1.27 bits per heavy atom. The first-order valence-electron chi connectivity index (χ1n) is 15.2. The van der Waals surface area contributed by atoms with Crippen molar-refractivity contribution in [2.24, 2.45) is 0 Å². The Morgan fingerprint density at radius 3 is 1.83 bits per heavy atom. The summed E-state index contributed by atoms with van der Waals surface area (Å²) in [5.74, 6) is -0.0625. The van der Waals surface area contributed by atoms with Crippen molar-refractivity contribution in [3.8, 4) is 11.3 Å². The molecular weight excluding hydrogens is 940 g/mol. The molecule has 0 saturated heterocycles. The standard InChI is InChI=1S/C35H19NPSSe2.C5H8O2.Ir/c38-37-29-15-22-8-1-3-10-24(22)17-31(29)39-33-19-26(28-14-13-21-7-5-6-12-27(21)36-28)20-34(35(33)37)40-32-18-25-11-4-2-9-23(25)16-30(32)37;1-4(6)3-5(2)7;/h1-19H;3,6H,1-2H3;/q-1;;/b;4-3-;. The minimum atomic E-state index is -2.26. The number of hydrogen-bond donors (Lipinski definition) is 1. The molecule has 1 atom stereocenters. The molecule has 0 amide bonds. The van der Waals surface area contributed by atoms with Crippen molar-refractivity contribution in [1.82, 2.24) is 4.98 Å². The van der Waals surface area contributed by atoms with Gasteiger partial charge in [-0.3, -0.25) is 4.79 Å². The number of para-hydroxylation sites is 1. The van der Waals surface area contributed by atoms with Crippen LogP contribution in [-0.4, -0.2) is 45.8 Å². The quantitative estimate of drug-likeness (QED) is 0.0897. The predicted molar refractivity (Wildman–Crippen MR) is 204 cm³/mol. The molecule has 1 radical (unpaired) electrons. The molecule has 237 valence electrons. The predicted octanol–water partition coefficient (Wildman–Crippen LogP) is 4.74. The maximum atomic E-state index is 10.0. The zero-order chi connectivity index (χ0) is 32.3. The number of nitrogens with zero attached hydrogens (tertiary/aromatic N) is 1. The molecule has 1 unspecified atom stereocenters. The van der Waals surface area contributed by atoms with Crippen LogP contribution >= 0.6 is 6.04 Å². The number of aromatic nitrogens is 1. The van der Waals surface area contributed by atoms with E-state index in [1.54, 1.807) is 0 Å². The largest absolute Gasteiger partial charge is 0 e. The van der Waals surface area contributed by atoms with Crippen molar-refractivity contribution >= 4 is 120 Å². The first-order chi connectivity index (χ1) is 22.8. The SMILES string of the molecule is CC(=O)/C=C(/C)O.S=P12c3cc4ccccc4cc3[Se]c3[c-]c(-c4ccc5ccccc5n4)cc(c31)[Se]c1cc3ccccc3cc12.[Ir]. The van der Waals surface area contributed by atoms with E-state index in [0.29, 0.717) is 0 Å². The molecule has 0 aliphatic carbocycles. The van der Waals surface area contributed by atoms with Gasteiger partial charge in [0.1, 0.15) is 0 Å². The summed E-state index contributed by atoms with van der Waals surface area (Å²) in [5.41, 5.74) is 3.11. The number of carbonyl (C=O) groups is 1. The Labute approximate surface area is 310 Å². The molecule has 48 heavy (non-hydrogen) atoms. The normalized spacial score (nSPS) is 15.8. The van der Waals surface area contributed by atoms with Gasteiger partial charge in [-0.05, 0) is 13.8 Å². The van der Waals surface area contributed by atoms with E-state index in [9.17, 15) is 4.79 Å². The number of benzene rings is 6. The van der Waals surface area contributed by atoms with Crippen LogP contribution in [0.4, 0.5) is 0 Å². The fraction of sp³-hybridized carbons (Fsp3) is 0.0500. The minimum Gasteiger partial charge on any atom is 0 e. The van der Waals surface area contributed by atoms with Gasteiger partial charge in [-0.1, -0.05) is 0 Å². The smallest absolute Gasteiger partial charge is 0 e. The molecule has 2 aliphatic heterocycles. The van der Waals surface area contributed by atoms with Crippen LogP contribution in [-0.2, 0) is 36.7 Å². The zero-order valence-corrected chi connectivity index (χ0v) is 33.4. The molecule has 6 aromatic carbocycles. The van der Waals surface area contributed by atoms with Gasteiger partial charge in [0.05, 0.1) is 5.76 Å². The van der Waals surface area contributed by atoms with Gasteiger partial charge < -0.3 is 5.11 Å². The summed E-state index contributed by atoms with van der Waals surface area (Å²) in [7, 11) is 0. The molecule has 0 saturated carbocycles. The number of pyridine rings is 1. The van der Waals surface area contributed by atoms with Crippen LogP contribution < -0.4 is 33.8 Å². The Morgan fingerprint density at radius 1 is 0.729 bits per heavy atom. The number of rotatable bonds is 2. The Bertz CT molecular complexity index is 2410. The second-order valence-electron chi connectivity index (χ2n) is 11.7. The third-order valence-electron chi connectivity index (χ3n) is 8.34. The van der Waals surface area contributed by atoms with E-state index >= 15 is 0 Å². The molecule has 7 aromatic rings. The summed E-state index contributed by atoms with van der Waals surface area (Å²) in [5, 5.41) is 18.9. The van der Waals surface area contributed by atoms with Gasteiger partial charge in [0, 0.05) is 26.2 Å². The summed E-state index contributed by atoms with van der Waals surface area (Å²) in [4.78, 5) is 15.1. The number of aliphatic hydroxyl groups excluding tert-OH is 1. The summed E-state index contributed by atoms with van der Waals surface area (Å²) in [6.45, 7) is 2.85. The fourth-order valence-corrected chi connectivity index (χ4v) is 20.9.